The molecule has 1 aliphatic heterocycles. The molecule has 1 aromatic rings. The van der Waals surface area contributed by atoms with Gasteiger partial charge in [-0.05, 0) is 18.6 Å². The zero-order chi connectivity index (χ0) is 14.4. The second-order valence-corrected chi connectivity index (χ2v) is 17.9. The first-order valence-electron chi connectivity index (χ1n) is 7.20. The quantitative estimate of drug-likeness (QED) is 0.676. The summed E-state index contributed by atoms with van der Waals surface area (Å²) in [6.07, 6.45) is 2.53. The number of hydrogen-bond donors (Lipinski definition) is 0. The van der Waals surface area contributed by atoms with Gasteiger partial charge in [0.2, 0.25) is 0 Å². The highest BCUT2D eigenvalue weighted by Crippen LogP contribution is 2.42. The van der Waals surface area contributed by atoms with E-state index in [4.69, 9.17) is 0 Å². The number of anilines is 1. The van der Waals surface area contributed by atoms with Crippen LogP contribution in [0.1, 0.15) is 18.0 Å². The average Bonchev–Trinajstić information content (AvgIpc) is 2.24. The summed E-state index contributed by atoms with van der Waals surface area (Å²) in [4.78, 5) is 0. The van der Waals surface area contributed by atoms with Crippen molar-refractivity contribution in [2.24, 2.45) is 0 Å². The highest BCUT2D eigenvalue weighted by Gasteiger charge is 2.36. The Morgan fingerprint density at radius 2 is 1.53 bits per heavy atom. The normalized spacial score (nSPS) is 20.1. The van der Waals surface area contributed by atoms with Crippen LogP contribution in [-0.2, 0) is 0 Å². The second kappa shape index (κ2) is 4.63. The minimum Gasteiger partial charge on any atom is -0.373 e. The topological polar surface area (TPSA) is 3.24 Å². The van der Waals surface area contributed by atoms with E-state index >= 15 is 0 Å². The van der Waals surface area contributed by atoms with Crippen molar-refractivity contribution in [1.82, 2.24) is 0 Å². The van der Waals surface area contributed by atoms with Gasteiger partial charge < -0.3 is 4.57 Å². The highest BCUT2D eigenvalue weighted by atomic mass is 28.3. The van der Waals surface area contributed by atoms with Crippen LogP contribution in [0.3, 0.4) is 0 Å². The van der Waals surface area contributed by atoms with E-state index in [1.54, 1.807) is 5.56 Å². The number of allylic oxidation sites excluding steroid dienone is 2. The molecule has 0 aromatic heterocycles. The third kappa shape index (κ3) is 2.72. The Balaban J connectivity index is 2.62. The molecule has 0 saturated carbocycles. The zero-order valence-corrected chi connectivity index (χ0v) is 15.4. The number of rotatable bonds is 2. The monoisotopic (exact) mass is 289 g/mol. The van der Waals surface area contributed by atoms with Gasteiger partial charge in [0.1, 0.15) is 0 Å². The molecule has 1 nitrogen and oxygen atoms in total. The van der Waals surface area contributed by atoms with Gasteiger partial charge in [-0.15, -0.1) is 0 Å². The van der Waals surface area contributed by atoms with Crippen molar-refractivity contribution in [2.75, 3.05) is 4.57 Å². The van der Waals surface area contributed by atoms with Crippen LogP contribution in [-0.4, -0.2) is 16.3 Å². The maximum absolute atomic E-state index is 2.62. The van der Waals surface area contributed by atoms with Gasteiger partial charge in [0.15, 0.2) is 8.24 Å². The molecule has 104 valence electrons. The van der Waals surface area contributed by atoms with Gasteiger partial charge in [0.05, 0.1) is 8.07 Å². The van der Waals surface area contributed by atoms with Gasteiger partial charge in [0.25, 0.3) is 0 Å². The van der Waals surface area contributed by atoms with Gasteiger partial charge >= 0.3 is 0 Å². The summed E-state index contributed by atoms with van der Waals surface area (Å²) in [6, 6.07) is 9.04. The molecule has 0 amide bonds. The van der Waals surface area contributed by atoms with Crippen LogP contribution >= 0.6 is 0 Å². The smallest absolute Gasteiger partial charge is 0.153 e. The van der Waals surface area contributed by atoms with Crippen LogP contribution in [0.2, 0.25) is 39.3 Å². The summed E-state index contributed by atoms with van der Waals surface area (Å²) < 4.78 is 2.62. The predicted octanol–water partition coefficient (Wildman–Crippen LogP) is 5.21. The lowest BCUT2D eigenvalue weighted by Gasteiger charge is -2.44. The minimum atomic E-state index is -1.38. The Morgan fingerprint density at radius 3 is 2.05 bits per heavy atom. The van der Waals surface area contributed by atoms with Crippen LogP contribution in [0.25, 0.3) is 0 Å². The zero-order valence-electron chi connectivity index (χ0n) is 13.4. The molecule has 0 fully saturated rings. The van der Waals surface area contributed by atoms with Crippen LogP contribution in [0, 0.1) is 0 Å². The Kier molecular flexibility index (Phi) is 3.56. The fraction of sp³-hybridized carbons (Fsp3) is 0.500. The van der Waals surface area contributed by atoms with Crippen LogP contribution in [0.5, 0.6) is 0 Å². The summed E-state index contributed by atoms with van der Waals surface area (Å²) in [5, 5.41) is 0. The average molecular weight is 290 g/mol. The van der Waals surface area contributed by atoms with Gasteiger partial charge in [0, 0.05) is 16.9 Å². The molecular formula is C16H27NSi2. The molecule has 3 heteroatoms. The van der Waals surface area contributed by atoms with Crippen molar-refractivity contribution < 1.29 is 0 Å². The molecule has 2 rings (SSSR count). The summed E-state index contributed by atoms with van der Waals surface area (Å²) in [5.74, 6) is 0. The van der Waals surface area contributed by atoms with Gasteiger partial charge in [-0.25, -0.2) is 0 Å². The summed E-state index contributed by atoms with van der Waals surface area (Å²) in [6.45, 7) is 17.0. The lowest BCUT2D eigenvalue weighted by atomic mass is 10.0. The molecule has 1 aromatic carbocycles. The number of nitrogens with zero attached hydrogens (tertiary/aromatic N) is 1. The first-order chi connectivity index (χ1) is 8.62. The van der Waals surface area contributed by atoms with Crippen LogP contribution in [0.4, 0.5) is 5.69 Å². The third-order valence-corrected chi connectivity index (χ3v) is 8.16. The van der Waals surface area contributed by atoms with Crippen molar-refractivity contribution in [2.45, 2.75) is 51.7 Å². The number of benzene rings is 1. The highest BCUT2D eigenvalue weighted by molar-refractivity contribution is 6.81. The molecule has 0 N–H and O–H groups in total. The van der Waals surface area contributed by atoms with Crippen LogP contribution < -0.4 is 4.57 Å². The number of hydrogen-bond acceptors (Lipinski definition) is 1. The molecule has 0 spiro atoms. The molecule has 1 heterocycles. The Labute approximate surface area is 120 Å². The first kappa shape index (κ1) is 14.6. The molecule has 0 aliphatic carbocycles. The van der Waals surface area contributed by atoms with Gasteiger partial charge in [-0.3, -0.25) is 0 Å². The molecular weight excluding hydrogens is 262 g/mol. The standard InChI is InChI=1S/C16H27NSi2/c1-13-12-16(18(2,3)4)14-10-8-9-11-15(14)17(13)19(5,6)7/h8-12,16H,1-7H3. The van der Waals surface area contributed by atoms with Gasteiger partial charge in [-0.1, -0.05) is 63.6 Å². The van der Waals surface area contributed by atoms with E-state index < -0.39 is 16.3 Å². The molecule has 1 aliphatic rings. The van der Waals surface area contributed by atoms with E-state index in [1.165, 1.54) is 11.4 Å². The van der Waals surface area contributed by atoms with E-state index in [1.807, 2.05) is 0 Å². The fourth-order valence-corrected chi connectivity index (χ4v) is 7.13. The number of fused-ring (bicyclic) bond motifs is 1. The van der Waals surface area contributed by atoms with E-state index in [0.717, 1.165) is 0 Å². The first-order valence-corrected chi connectivity index (χ1v) is 14.2. The maximum atomic E-state index is 2.62. The molecule has 0 radical (unpaired) electrons. The predicted molar refractivity (Wildman–Crippen MR) is 92.1 cm³/mol. The molecule has 1 atom stereocenters. The fourth-order valence-electron chi connectivity index (χ4n) is 3.16. The van der Waals surface area contributed by atoms with E-state index in [2.05, 4.69) is 81.1 Å². The summed E-state index contributed by atoms with van der Waals surface area (Å²) in [5.41, 5.74) is 5.13. The maximum Gasteiger partial charge on any atom is 0.153 e. The molecule has 0 saturated heterocycles. The van der Waals surface area contributed by atoms with Gasteiger partial charge in [-0.2, -0.15) is 0 Å². The summed E-state index contributed by atoms with van der Waals surface area (Å²) in [7, 11) is -2.60. The lowest BCUT2D eigenvalue weighted by Crippen LogP contribution is -2.48. The Bertz CT molecular complexity index is 506. The second-order valence-electron chi connectivity index (χ2n) is 7.72. The Morgan fingerprint density at radius 1 is 0.947 bits per heavy atom. The lowest BCUT2D eigenvalue weighted by molar-refractivity contribution is 1.01. The number of para-hydroxylation sites is 1. The minimum absolute atomic E-state index is 0.649. The van der Waals surface area contributed by atoms with E-state index in [0.29, 0.717) is 5.54 Å². The van der Waals surface area contributed by atoms with E-state index in [9.17, 15) is 0 Å². The molecule has 1 unspecified atom stereocenters. The SMILES string of the molecule is CC1=CC([Si](C)(C)C)c2ccccc2N1[Si](C)(C)C. The molecule has 0 bridgehead atoms. The molecule has 19 heavy (non-hydrogen) atoms. The van der Waals surface area contributed by atoms with Crippen molar-refractivity contribution in [3.05, 3.63) is 41.6 Å². The Hall–Kier alpha value is -0.806. The van der Waals surface area contributed by atoms with Crippen molar-refractivity contribution in [1.29, 1.82) is 0 Å². The third-order valence-electron chi connectivity index (χ3n) is 3.88. The van der Waals surface area contributed by atoms with Crippen molar-refractivity contribution >= 4 is 22.0 Å². The van der Waals surface area contributed by atoms with Crippen LogP contribution in [0.15, 0.2) is 36.0 Å². The van der Waals surface area contributed by atoms with E-state index in [-0.39, 0.29) is 0 Å². The summed E-state index contributed by atoms with van der Waals surface area (Å²) >= 11 is 0. The van der Waals surface area contributed by atoms with Crippen molar-refractivity contribution in [3.63, 3.8) is 0 Å². The largest absolute Gasteiger partial charge is 0.373 e. The van der Waals surface area contributed by atoms with Crippen molar-refractivity contribution in [3.8, 4) is 0 Å².